The number of fused-ring (bicyclic) bond motifs is 7. The van der Waals surface area contributed by atoms with E-state index >= 15 is 0 Å². The third-order valence-corrected chi connectivity index (χ3v) is 10.7. The van der Waals surface area contributed by atoms with Crippen LogP contribution in [0.4, 0.5) is 11.4 Å². The maximum absolute atomic E-state index is 6.38. The van der Waals surface area contributed by atoms with Gasteiger partial charge >= 0.3 is 0 Å². The quantitative estimate of drug-likeness (QED) is 0.106. The molecule has 4 nitrogen and oxygen atoms in total. The molecule has 2 aromatic heterocycles. The SMILES string of the molecule is CC1=CC2Cc3nc4cc(Cl)ccc4c(NCCCCCCCCCCNc4c5c(nc6ccccc46)CCCC5)c3C(C1)C2.Cl.Cl.Cl. The number of nitrogens with one attached hydrogen (secondary N) is 2. The molecule has 0 amide bonds. The van der Waals surface area contributed by atoms with Gasteiger partial charge in [0.2, 0.25) is 0 Å². The van der Waals surface area contributed by atoms with Crippen molar-refractivity contribution < 1.29 is 0 Å². The van der Waals surface area contributed by atoms with Crippen molar-refractivity contribution in [2.45, 2.75) is 109 Å². The Balaban J connectivity index is 0.00000173. The molecule has 2 heterocycles. The largest absolute Gasteiger partial charge is 0.384 e. The van der Waals surface area contributed by atoms with Crippen molar-refractivity contribution in [1.29, 1.82) is 0 Å². The summed E-state index contributed by atoms with van der Waals surface area (Å²) in [5.74, 6) is 1.22. The maximum Gasteiger partial charge on any atom is 0.0741 e. The highest BCUT2D eigenvalue weighted by molar-refractivity contribution is 6.31. The maximum atomic E-state index is 6.38. The second-order valence-electron chi connectivity index (χ2n) is 13.9. The highest BCUT2D eigenvalue weighted by atomic mass is 35.5. The Morgan fingerprint density at radius 2 is 1.35 bits per heavy atom. The molecule has 0 aliphatic heterocycles. The van der Waals surface area contributed by atoms with Crippen molar-refractivity contribution in [2.75, 3.05) is 23.7 Å². The molecule has 2 unspecified atom stereocenters. The molecule has 0 fully saturated rings. The van der Waals surface area contributed by atoms with Crippen molar-refractivity contribution >= 4 is 82.0 Å². The van der Waals surface area contributed by atoms with Gasteiger partial charge in [0.1, 0.15) is 0 Å². The van der Waals surface area contributed by atoms with E-state index in [0.29, 0.717) is 11.8 Å². The zero-order chi connectivity index (χ0) is 30.6. The number of hydrogen-bond donors (Lipinski definition) is 2. The summed E-state index contributed by atoms with van der Waals surface area (Å²) < 4.78 is 0. The van der Waals surface area contributed by atoms with Crippen molar-refractivity contribution in [1.82, 2.24) is 9.97 Å². The number of rotatable bonds is 13. The smallest absolute Gasteiger partial charge is 0.0741 e. The van der Waals surface area contributed by atoms with Crippen molar-refractivity contribution in [2.24, 2.45) is 5.92 Å². The third kappa shape index (κ3) is 8.73. The lowest BCUT2D eigenvalue weighted by molar-refractivity contribution is 0.433. The van der Waals surface area contributed by atoms with Gasteiger partial charge in [-0.1, -0.05) is 80.0 Å². The predicted molar refractivity (Wildman–Crippen MR) is 214 cm³/mol. The lowest BCUT2D eigenvalue weighted by atomic mass is 9.71. The van der Waals surface area contributed by atoms with E-state index in [-0.39, 0.29) is 37.2 Å². The number of para-hydroxylation sites is 1. The zero-order valence-electron chi connectivity index (χ0n) is 28.3. The van der Waals surface area contributed by atoms with Gasteiger partial charge in [0.05, 0.1) is 11.0 Å². The van der Waals surface area contributed by atoms with Gasteiger partial charge in [0.25, 0.3) is 0 Å². The van der Waals surface area contributed by atoms with Crippen LogP contribution in [-0.2, 0) is 19.3 Å². The molecule has 2 aromatic carbocycles. The number of hydrogen-bond acceptors (Lipinski definition) is 4. The normalized spacial score (nSPS) is 17.7. The van der Waals surface area contributed by atoms with E-state index in [2.05, 4.69) is 54.0 Å². The fourth-order valence-electron chi connectivity index (χ4n) is 8.39. The van der Waals surface area contributed by atoms with Crippen LogP contribution in [0.5, 0.6) is 0 Å². The Labute approximate surface area is 310 Å². The van der Waals surface area contributed by atoms with Gasteiger partial charge in [-0.25, -0.2) is 0 Å². The van der Waals surface area contributed by atoms with Crippen LogP contribution in [0.2, 0.25) is 5.02 Å². The van der Waals surface area contributed by atoms with E-state index in [4.69, 9.17) is 21.6 Å². The van der Waals surface area contributed by atoms with Crippen LogP contribution in [0, 0.1) is 5.92 Å². The van der Waals surface area contributed by atoms with Crippen LogP contribution in [0.3, 0.4) is 0 Å². The fraction of sp³-hybridized carbons (Fsp3) is 0.500. The van der Waals surface area contributed by atoms with E-state index in [1.165, 1.54) is 122 Å². The van der Waals surface area contributed by atoms with Gasteiger partial charge in [0.15, 0.2) is 0 Å². The Bertz CT molecular complexity index is 1700. The van der Waals surface area contributed by atoms with E-state index in [9.17, 15) is 0 Å². The number of benzene rings is 2. The van der Waals surface area contributed by atoms with E-state index in [1.54, 1.807) is 5.57 Å². The second kappa shape index (κ2) is 18.1. The highest BCUT2D eigenvalue weighted by Gasteiger charge is 2.33. The molecule has 0 radical (unpaired) electrons. The van der Waals surface area contributed by atoms with Crippen LogP contribution in [0.25, 0.3) is 21.8 Å². The number of nitrogens with zero attached hydrogens (tertiary/aromatic N) is 2. The van der Waals surface area contributed by atoms with Gasteiger partial charge < -0.3 is 10.6 Å². The van der Waals surface area contributed by atoms with Gasteiger partial charge in [-0.15, -0.1) is 37.2 Å². The van der Waals surface area contributed by atoms with Gasteiger partial charge in [-0.2, -0.15) is 0 Å². The Morgan fingerprint density at radius 3 is 2.12 bits per heavy atom. The number of anilines is 2. The lowest BCUT2D eigenvalue weighted by Gasteiger charge is -2.36. The standard InChI is InChI=1S/C40H49ClN4.3ClH/c1-27-22-28-24-29(23-27)38-37(25-28)45-36-26-30(41)18-19-33(36)40(38)43-21-13-7-5-3-2-4-6-12-20-42-39-31-14-8-10-16-34(31)44-35-17-11-9-15-32(35)39;;;/h8,10,14,16,18-19,22,26,28-29H,2-7,9,11-13,15,17,20-21,23-25H2,1H3,(H,42,44)(H,43,45);3*1H. The predicted octanol–water partition coefficient (Wildman–Crippen LogP) is 12.2. The van der Waals surface area contributed by atoms with Gasteiger partial charge in [0, 0.05) is 57.2 Å². The average Bonchev–Trinajstić information content (AvgIpc) is 3.03. The van der Waals surface area contributed by atoms with Gasteiger partial charge in [-0.05, 0) is 106 Å². The van der Waals surface area contributed by atoms with E-state index in [0.717, 1.165) is 48.4 Å². The summed E-state index contributed by atoms with van der Waals surface area (Å²) >= 11 is 6.38. The first-order valence-electron chi connectivity index (χ1n) is 17.8. The summed E-state index contributed by atoms with van der Waals surface area (Å²) in [6, 6.07) is 14.9. The van der Waals surface area contributed by atoms with Crippen molar-refractivity contribution in [3.8, 4) is 0 Å². The number of halogens is 4. The summed E-state index contributed by atoms with van der Waals surface area (Å²) in [7, 11) is 0. The molecule has 3 aliphatic carbocycles. The van der Waals surface area contributed by atoms with Crippen LogP contribution >= 0.6 is 48.8 Å². The Morgan fingerprint density at radius 1 is 0.708 bits per heavy atom. The molecule has 3 aliphatic rings. The minimum atomic E-state index is 0. The summed E-state index contributed by atoms with van der Waals surface area (Å²) in [4.78, 5) is 10.1. The molecular weight excluding hydrogens is 678 g/mol. The summed E-state index contributed by atoms with van der Waals surface area (Å²) in [6.45, 7) is 4.39. The summed E-state index contributed by atoms with van der Waals surface area (Å²) in [5, 5.41) is 11.0. The summed E-state index contributed by atoms with van der Waals surface area (Å²) in [6.07, 6.45) is 21.2. The minimum Gasteiger partial charge on any atom is -0.384 e. The molecule has 260 valence electrons. The van der Waals surface area contributed by atoms with E-state index in [1.807, 2.05) is 12.1 Å². The molecule has 2 atom stereocenters. The average molecular weight is 731 g/mol. The number of allylic oxidation sites excluding steroid dienone is 2. The minimum absolute atomic E-state index is 0. The van der Waals surface area contributed by atoms with Crippen LogP contribution in [0.1, 0.15) is 112 Å². The first-order chi connectivity index (χ1) is 22.1. The first-order valence-corrected chi connectivity index (χ1v) is 18.2. The van der Waals surface area contributed by atoms with Crippen molar-refractivity contribution in [3.63, 3.8) is 0 Å². The molecule has 4 aromatic rings. The fourth-order valence-corrected chi connectivity index (χ4v) is 8.55. The molecule has 0 saturated carbocycles. The van der Waals surface area contributed by atoms with Crippen LogP contribution in [0.15, 0.2) is 54.1 Å². The van der Waals surface area contributed by atoms with Crippen molar-refractivity contribution in [3.05, 3.63) is 81.7 Å². The topological polar surface area (TPSA) is 49.8 Å². The lowest BCUT2D eigenvalue weighted by Crippen LogP contribution is -2.24. The van der Waals surface area contributed by atoms with Crippen LogP contribution < -0.4 is 10.6 Å². The second-order valence-corrected chi connectivity index (χ2v) is 14.4. The zero-order valence-corrected chi connectivity index (χ0v) is 31.5. The molecule has 7 rings (SSSR count). The molecule has 2 bridgehead atoms. The van der Waals surface area contributed by atoms with Crippen LogP contribution in [-0.4, -0.2) is 23.1 Å². The molecule has 0 saturated heterocycles. The number of unbranched alkanes of at least 4 members (excludes halogenated alkanes) is 7. The summed E-state index contributed by atoms with van der Waals surface area (Å²) in [5.41, 5.74) is 12.0. The molecule has 8 heteroatoms. The number of aromatic nitrogens is 2. The molecule has 0 spiro atoms. The van der Waals surface area contributed by atoms with E-state index < -0.39 is 0 Å². The molecular formula is C40H52Cl4N4. The molecule has 2 N–H and O–H groups in total. The third-order valence-electron chi connectivity index (χ3n) is 10.5. The number of aryl methyl sites for hydroxylation is 1. The molecule has 48 heavy (non-hydrogen) atoms. The monoisotopic (exact) mass is 728 g/mol. The Hall–Kier alpha value is -2.24. The number of pyridine rings is 2. The Kier molecular flexibility index (Phi) is 14.6. The first kappa shape index (κ1) is 38.6. The van der Waals surface area contributed by atoms with Gasteiger partial charge in [-0.3, -0.25) is 9.97 Å². The highest BCUT2D eigenvalue weighted by Crippen LogP contribution is 2.47.